The second-order valence-electron chi connectivity index (χ2n) is 4.66. The number of rotatable bonds is 6. The van der Waals surface area contributed by atoms with Crippen LogP contribution < -0.4 is 16.6 Å². The molecule has 20 heavy (non-hydrogen) atoms. The maximum atomic E-state index is 12.0. The van der Waals surface area contributed by atoms with Crippen LogP contribution >= 0.6 is 0 Å². The predicted octanol–water partition coefficient (Wildman–Crippen LogP) is 0.560. The molecule has 0 spiro atoms. The molecule has 4 N–H and O–H groups in total. The van der Waals surface area contributed by atoms with Crippen molar-refractivity contribution in [2.45, 2.75) is 13.0 Å². The number of hydrogen-bond acceptors (Lipinski definition) is 6. The molecule has 0 aliphatic rings. The van der Waals surface area contributed by atoms with E-state index in [0.717, 1.165) is 0 Å². The smallest absolute Gasteiger partial charge is 0.293 e. The first-order valence-electron chi connectivity index (χ1n) is 6.06. The lowest BCUT2D eigenvalue weighted by molar-refractivity contribution is -0.384. The Bertz CT molecular complexity index is 504. The maximum Gasteiger partial charge on any atom is 0.293 e. The van der Waals surface area contributed by atoms with E-state index >= 15 is 0 Å². The summed E-state index contributed by atoms with van der Waals surface area (Å²) in [6.45, 7) is 2.46. The molecule has 110 valence electrons. The molecule has 8 heteroatoms. The van der Waals surface area contributed by atoms with Gasteiger partial charge in [-0.2, -0.15) is 0 Å². The number of hydrogen-bond donors (Lipinski definition) is 3. The lowest BCUT2D eigenvalue weighted by atomic mass is 10.1. The number of benzene rings is 1. The number of nitrogen functional groups attached to an aromatic ring is 1. The van der Waals surface area contributed by atoms with Crippen LogP contribution in [-0.2, 0) is 0 Å². The molecular weight excluding hydrogens is 262 g/mol. The van der Waals surface area contributed by atoms with Crippen LogP contribution in [0.5, 0.6) is 0 Å². The fourth-order valence-electron chi connectivity index (χ4n) is 1.48. The fraction of sp³-hybridized carbons (Fsp3) is 0.417. The fourth-order valence-corrected chi connectivity index (χ4v) is 1.48. The van der Waals surface area contributed by atoms with Crippen LogP contribution in [0.4, 0.5) is 11.4 Å². The summed E-state index contributed by atoms with van der Waals surface area (Å²) >= 11 is 0. The average Bonchev–Trinajstić information content (AvgIpc) is 2.43. The Kier molecular flexibility index (Phi) is 5.42. The van der Waals surface area contributed by atoms with Gasteiger partial charge in [0.15, 0.2) is 0 Å². The molecule has 0 saturated carbocycles. The van der Waals surface area contributed by atoms with Crippen molar-refractivity contribution in [3.8, 4) is 0 Å². The molecule has 0 aliphatic heterocycles. The number of nitro groups is 1. The third kappa shape index (κ3) is 3.90. The predicted molar refractivity (Wildman–Crippen MR) is 76.4 cm³/mol. The van der Waals surface area contributed by atoms with Gasteiger partial charge in [0.2, 0.25) is 0 Å². The molecule has 0 aliphatic carbocycles. The molecule has 1 aromatic rings. The van der Waals surface area contributed by atoms with Crippen LogP contribution in [0.3, 0.4) is 0 Å². The largest absolute Gasteiger partial charge is 0.350 e. The van der Waals surface area contributed by atoms with Crippen LogP contribution in [0.2, 0.25) is 0 Å². The van der Waals surface area contributed by atoms with E-state index < -0.39 is 4.92 Å². The Balaban J connectivity index is 2.81. The minimum atomic E-state index is -0.564. The summed E-state index contributed by atoms with van der Waals surface area (Å²) in [5.41, 5.74) is 2.46. The molecule has 1 amide bonds. The highest BCUT2D eigenvalue weighted by molar-refractivity contribution is 5.95. The van der Waals surface area contributed by atoms with E-state index in [9.17, 15) is 14.9 Å². The van der Waals surface area contributed by atoms with Gasteiger partial charge in [-0.15, -0.1) is 0 Å². The van der Waals surface area contributed by atoms with Gasteiger partial charge in [0, 0.05) is 24.2 Å². The molecule has 0 radical (unpaired) electrons. The van der Waals surface area contributed by atoms with Gasteiger partial charge in [0.25, 0.3) is 11.6 Å². The lowest BCUT2D eigenvalue weighted by Crippen LogP contribution is -2.38. The van der Waals surface area contributed by atoms with Crippen molar-refractivity contribution in [2.75, 3.05) is 26.1 Å². The van der Waals surface area contributed by atoms with Crippen molar-refractivity contribution in [2.24, 2.45) is 5.84 Å². The number of anilines is 1. The molecule has 1 rings (SSSR count). The molecule has 1 unspecified atom stereocenters. The van der Waals surface area contributed by atoms with Crippen molar-refractivity contribution in [1.29, 1.82) is 0 Å². The molecule has 0 aromatic heterocycles. The van der Waals surface area contributed by atoms with Gasteiger partial charge >= 0.3 is 0 Å². The highest BCUT2D eigenvalue weighted by Gasteiger charge is 2.16. The number of likely N-dealkylation sites (N-methyl/N-ethyl adjacent to an activating group) is 1. The SMILES string of the molecule is CC(CNC(=O)c1ccc([N+](=O)[O-])c(NN)c1)N(C)C. The summed E-state index contributed by atoms with van der Waals surface area (Å²) in [6.07, 6.45) is 0. The highest BCUT2D eigenvalue weighted by Crippen LogP contribution is 2.24. The van der Waals surface area contributed by atoms with E-state index in [1.807, 2.05) is 25.9 Å². The number of hydrazine groups is 1. The molecule has 0 fully saturated rings. The second-order valence-corrected chi connectivity index (χ2v) is 4.66. The van der Waals surface area contributed by atoms with Crippen LogP contribution in [0.15, 0.2) is 18.2 Å². The third-order valence-corrected chi connectivity index (χ3v) is 3.05. The van der Waals surface area contributed by atoms with Gasteiger partial charge < -0.3 is 15.6 Å². The Morgan fingerprint density at radius 3 is 2.65 bits per heavy atom. The Labute approximate surface area is 117 Å². The van der Waals surface area contributed by atoms with Gasteiger partial charge in [0.05, 0.1) is 4.92 Å². The van der Waals surface area contributed by atoms with Crippen molar-refractivity contribution in [1.82, 2.24) is 10.2 Å². The van der Waals surface area contributed by atoms with Crippen LogP contribution in [0.25, 0.3) is 0 Å². The second kappa shape index (κ2) is 6.83. The van der Waals surface area contributed by atoms with Crippen LogP contribution in [0, 0.1) is 10.1 Å². The first-order chi connectivity index (χ1) is 9.36. The number of nitrogens with two attached hydrogens (primary N) is 1. The van der Waals surface area contributed by atoms with E-state index in [-0.39, 0.29) is 23.3 Å². The first kappa shape index (κ1) is 15.9. The Morgan fingerprint density at radius 2 is 2.15 bits per heavy atom. The first-order valence-corrected chi connectivity index (χ1v) is 6.06. The molecule has 1 atom stereocenters. The van der Waals surface area contributed by atoms with Crippen LogP contribution in [0.1, 0.15) is 17.3 Å². The highest BCUT2D eigenvalue weighted by atomic mass is 16.6. The van der Waals surface area contributed by atoms with Gasteiger partial charge in [-0.05, 0) is 33.2 Å². The quantitative estimate of drug-likeness (QED) is 0.399. The lowest BCUT2D eigenvalue weighted by Gasteiger charge is -2.20. The number of nitrogens with zero attached hydrogens (tertiary/aromatic N) is 2. The standard InChI is InChI=1S/C12H19N5O3/c1-8(16(2)3)7-14-12(18)9-4-5-11(17(19)20)10(6-9)15-13/h4-6,8,15H,7,13H2,1-3H3,(H,14,18). The number of amides is 1. The van der Waals surface area contributed by atoms with Crippen molar-refractivity contribution >= 4 is 17.3 Å². The minimum Gasteiger partial charge on any atom is -0.350 e. The monoisotopic (exact) mass is 281 g/mol. The van der Waals surface area contributed by atoms with Crippen molar-refractivity contribution in [3.05, 3.63) is 33.9 Å². The van der Waals surface area contributed by atoms with Crippen molar-refractivity contribution < 1.29 is 9.72 Å². The molecule has 1 aromatic carbocycles. The van der Waals surface area contributed by atoms with Gasteiger partial charge in [-0.25, -0.2) is 0 Å². The molecule has 0 saturated heterocycles. The Hall–Kier alpha value is -2.19. The topological polar surface area (TPSA) is 114 Å². The van der Waals surface area contributed by atoms with E-state index in [1.54, 1.807) is 0 Å². The van der Waals surface area contributed by atoms with Gasteiger partial charge in [0.1, 0.15) is 5.69 Å². The molecular formula is C12H19N5O3. The zero-order valence-electron chi connectivity index (χ0n) is 11.7. The number of nitro benzene ring substituents is 1. The summed E-state index contributed by atoms with van der Waals surface area (Å²) in [5, 5.41) is 13.5. The summed E-state index contributed by atoms with van der Waals surface area (Å²) < 4.78 is 0. The number of carbonyl (C=O) groups is 1. The zero-order chi connectivity index (χ0) is 15.3. The average molecular weight is 281 g/mol. The normalized spacial score (nSPS) is 12.1. The maximum absolute atomic E-state index is 12.0. The summed E-state index contributed by atoms with van der Waals surface area (Å²) in [4.78, 5) is 24.1. The summed E-state index contributed by atoms with van der Waals surface area (Å²) in [5.74, 6) is 4.93. The van der Waals surface area contributed by atoms with Crippen molar-refractivity contribution in [3.63, 3.8) is 0 Å². The molecule has 0 heterocycles. The van der Waals surface area contributed by atoms with E-state index in [4.69, 9.17) is 5.84 Å². The summed E-state index contributed by atoms with van der Waals surface area (Å²) in [6, 6.07) is 4.19. The third-order valence-electron chi connectivity index (χ3n) is 3.05. The molecule has 0 bridgehead atoms. The summed E-state index contributed by atoms with van der Waals surface area (Å²) in [7, 11) is 3.83. The van der Waals surface area contributed by atoms with E-state index in [1.165, 1.54) is 18.2 Å². The Morgan fingerprint density at radius 1 is 1.50 bits per heavy atom. The number of nitrogens with one attached hydrogen (secondary N) is 2. The molecule has 8 nitrogen and oxygen atoms in total. The van der Waals surface area contributed by atoms with Gasteiger partial charge in [-0.3, -0.25) is 20.8 Å². The number of carbonyl (C=O) groups excluding carboxylic acids is 1. The zero-order valence-corrected chi connectivity index (χ0v) is 11.7. The van der Waals surface area contributed by atoms with Gasteiger partial charge in [-0.1, -0.05) is 0 Å². The van der Waals surface area contributed by atoms with Crippen LogP contribution in [-0.4, -0.2) is 42.4 Å². The minimum absolute atomic E-state index is 0.100. The van der Waals surface area contributed by atoms with E-state index in [2.05, 4.69) is 10.7 Å². The van der Waals surface area contributed by atoms with E-state index in [0.29, 0.717) is 12.1 Å².